The molecule has 0 saturated carbocycles. The van der Waals surface area contributed by atoms with Gasteiger partial charge < -0.3 is 9.80 Å². The van der Waals surface area contributed by atoms with Crippen LogP contribution in [0.15, 0.2) is 12.2 Å². The summed E-state index contributed by atoms with van der Waals surface area (Å²) in [6.07, 6.45) is 5.80. The molecule has 0 aliphatic carbocycles. The zero-order valence-corrected chi connectivity index (χ0v) is 11.0. The molecule has 15 heavy (non-hydrogen) atoms. The van der Waals surface area contributed by atoms with Gasteiger partial charge >= 0.3 is 0 Å². The molecule has 0 aromatic heterocycles. The molecule has 90 valence electrons. The lowest BCUT2D eigenvalue weighted by molar-refractivity contribution is 0.309. The lowest BCUT2D eigenvalue weighted by Crippen LogP contribution is -2.24. The Morgan fingerprint density at radius 1 is 0.733 bits per heavy atom. The topological polar surface area (TPSA) is 6.48 Å². The highest BCUT2D eigenvalue weighted by atomic mass is 15.1. The number of hydrogen-bond acceptors (Lipinski definition) is 2. The maximum atomic E-state index is 2.46. The van der Waals surface area contributed by atoms with Gasteiger partial charge in [0.1, 0.15) is 0 Å². The molecule has 0 saturated heterocycles. The molecule has 0 unspecified atom stereocenters. The van der Waals surface area contributed by atoms with Crippen LogP contribution in [0.2, 0.25) is 0 Å². The number of rotatable bonds is 9. The van der Waals surface area contributed by atoms with Gasteiger partial charge in [-0.15, -0.1) is 0 Å². The van der Waals surface area contributed by atoms with E-state index in [0.29, 0.717) is 0 Å². The van der Waals surface area contributed by atoms with Crippen molar-refractivity contribution in [1.82, 2.24) is 9.80 Å². The van der Waals surface area contributed by atoms with E-state index in [9.17, 15) is 0 Å². The minimum absolute atomic E-state index is 1.10. The first-order valence-electron chi connectivity index (χ1n) is 6.38. The summed E-state index contributed by atoms with van der Waals surface area (Å²) >= 11 is 0. The molecule has 2 heteroatoms. The van der Waals surface area contributed by atoms with E-state index in [1.54, 1.807) is 0 Å². The standard InChI is InChI=1S/C13H28N2/c1-5-14(6-2)12-10-9-11-13-15(7-3)8-4/h9-10H,5-8,11-13H2,1-4H3. The second-order valence-corrected chi connectivity index (χ2v) is 3.77. The Morgan fingerprint density at radius 2 is 1.27 bits per heavy atom. The largest absolute Gasteiger partial charge is 0.304 e. The fourth-order valence-electron chi connectivity index (χ4n) is 1.62. The van der Waals surface area contributed by atoms with Crippen LogP contribution in [0.5, 0.6) is 0 Å². The molecule has 0 heterocycles. The number of nitrogens with zero attached hydrogens (tertiary/aromatic N) is 2. The molecule has 0 radical (unpaired) electrons. The van der Waals surface area contributed by atoms with Crippen molar-refractivity contribution in [2.24, 2.45) is 0 Å². The maximum absolute atomic E-state index is 2.46. The molecule has 0 aromatic rings. The molecule has 0 N–H and O–H groups in total. The molecular formula is C13H28N2. The first kappa shape index (κ1) is 14.7. The SMILES string of the molecule is CCN(CC)CC=CCCN(CC)CC. The van der Waals surface area contributed by atoms with Crippen LogP contribution in [0.3, 0.4) is 0 Å². The molecule has 0 aromatic carbocycles. The quantitative estimate of drug-likeness (QED) is 0.542. The van der Waals surface area contributed by atoms with Crippen LogP contribution >= 0.6 is 0 Å². The van der Waals surface area contributed by atoms with E-state index in [0.717, 1.165) is 19.6 Å². The zero-order valence-electron chi connectivity index (χ0n) is 11.0. The van der Waals surface area contributed by atoms with Crippen molar-refractivity contribution in [2.45, 2.75) is 34.1 Å². The molecule has 0 bridgehead atoms. The van der Waals surface area contributed by atoms with Crippen LogP contribution in [0, 0.1) is 0 Å². The molecule has 0 amide bonds. The van der Waals surface area contributed by atoms with Gasteiger partial charge in [0.05, 0.1) is 0 Å². The van der Waals surface area contributed by atoms with E-state index in [2.05, 4.69) is 49.6 Å². The van der Waals surface area contributed by atoms with Crippen molar-refractivity contribution in [2.75, 3.05) is 39.3 Å². The highest BCUT2D eigenvalue weighted by molar-refractivity contribution is 4.85. The fourth-order valence-corrected chi connectivity index (χ4v) is 1.62. The molecule has 0 atom stereocenters. The maximum Gasteiger partial charge on any atom is 0.0162 e. The van der Waals surface area contributed by atoms with E-state index < -0.39 is 0 Å². The summed E-state index contributed by atoms with van der Waals surface area (Å²) in [6.45, 7) is 15.8. The Hall–Kier alpha value is -0.340. The average molecular weight is 212 g/mol. The van der Waals surface area contributed by atoms with E-state index in [1.165, 1.54) is 26.1 Å². The lowest BCUT2D eigenvalue weighted by Gasteiger charge is -2.17. The third-order valence-corrected chi connectivity index (χ3v) is 2.93. The van der Waals surface area contributed by atoms with Gasteiger partial charge in [0.2, 0.25) is 0 Å². The van der Waals surface area contributed by atoms with Gasteiger partial charge in [0, 0.05) is 13.1 Å². The minimum Gasteiger partial charge on any atom is -0.304 e. The van der Waals surface area contributed by atoms with Crippen molar-refractivity contribution in [3.8, 4) is 0 Å². The molecule has 0 rings (SSSR count). The summed E-state index contributed by atoms with van der Waals surface area (Å²) < 4.78 is 0. The first-order chi connectivity index (χ1) is 7.28. The third kappa shape index (κ3) is 7.57. The normalized spacial score (nSPS) is 12.1. The summed E-state index contributed by atoms with van der Waals surface area (Å²) in [7, 11) is 0. The van der Waals surface area contributed by atoms with Crippen LogP contribution in [0.25, 0.3) is 0 Å². The Labute approximate surface area is 95.9 Å². The Balaban J connectivity index is 3.53. The molecule has 0 spiro atoms. The highest BCUT2D eigenvalue weighted by Gasteiger charge is 1.96. The summed E-state index contributed by atoms with van der Waals surface area (Å²) in [5.41, 5.74) is 0. The highest BCUT2D eigenvalue weighted by Crippen LogP contribution is 1.93. The van der Waals surface area contributed by atoms with Crippen LogP contribution in [0.1, 0.15) is 34.1 Å². The fraction of sp³-hybridized carbons (Fsp3) is 0.846. The van der Waals surface area contributed by atoms with Gasteiger partial charge in [-0.3, -0.25) is 0 Å². The van der Waals surface area contributed by atoms with Crippen molar-refractivity contribution in [1.29, 1.82) is 0 Å². The van der Waals surface area contributed by atoms with Crippen molar-refractivity contribution < 1.29 is 0 Å². The van der Waals surface area contributed by atoms with E-state index in [-0.39, 0.29) is 0 Å². The molecule has 0 aliphatic heterocycles. The van der Waals surface area contributed by atoms with Gasteiger partial charge in [0.25, 0.3) is 0 Å². The Morgan fingerprint density at radius 3 is 1.73 bits per heavy atom. The van der Waals surface area contributed by atoms with Crippen molar-refractivity contribution in [3.63, 3.8) is 0 Å². The van der Waals surface area contributed by atoms with Crippen LogP contribution in [0.4, 0.5) is 0 Å². The second kappa shape index (κ2) is 10.2. The summed E-state index contributed by atoms with van der Waals surface area (Å²) in [5.74, 6) is 0. The van der Waals surface area contributed by atoms with Gasteiger partial charge in [-0.1, -0.05) is 39.8 Å². The van der Waals surface area contributed by atoms with Crippen LogP contribution in [-0.2, 0) is 0 Å². The molecule has 0 aliphatic rings. The molecule has 2 nitrogen and oxygen atoms in total. The monoisotopic (exact) mass is 212 g/mol. The van der Waals surface area contributed by atoms with Crippen molar-refractivity contribution in [3.05, 3.63) is 12.2 Å². The number of hydrogen-bond donors (Lipinski definition) is 0. The van der Waals surface area contributed by atoms with E-state index in [1.807, 2.05) is 0 Å². The lowest BCUT2D eigenvalue weighted by atomic mass is 10.3. The van der Waals surface area contributed by atoms with Gasteiger partial charge in [-0.25, -0.2) is 0 Å². The summed E-state index contributed by atoms with van der Waals surface area (Å²) in [4.78, 5) is 4.88. The van der Waals surface area contributed by atoms with E-state index in [4.69, 9.17) is 0 Å². The van der Waals surface area contributed by atoms with E-state index >= 15 is 0 Å². The predicted octanol–water partition coefficient (Wildman–Crippen LogP) is 2.62. The van der Waals surface area contributed by atoms with Crippen LogP contribution < -0.4 is 0 Å². The zero-order chi connectivity index (χ0) is 11.5. The molecular weight excluding hydrogens is 184 g/mol. The second-order valence-electron chi connectivity index (χ2n) is 3.77. The smallest absolute Gasteiger partial charge is 0.0162 e. The Bertz CT molecular complexity index is 147. The first-order valence-corrected chi connectivity index (χ1v) is 6.38. The number of likely N-dealkylation sites (N-methyl/N-ethyl adjacent to an activating group) is 1. The predicted molar refractivity (Wildman–Crippen MR) is 69.3 cm³/mol. The van der Waals surface area contributed by atoms with Crippen molar-refractivity contribution >= 4 is 0 Å². The van der Waals surface area contributed by atoms with Gasteiger partial charge in [-0.05, 0) is 32.6 Å². The third-order valence-electron chi connectivity index (χ3n) is 2.93. The van der Waals surface area contributed by atoms with Gasteiger partial charge in [-0.2, -0.15) is 0 Å². The average Bonchev–Trinajstić information content (AvgIpc) is 2.29. The van der Waals surface area contributed by atoms with Crippen LogP contribution in [-0.4, -0.2) is 49.1 Å². The minimum atomic E-state index is 1.10. The Kier molecular flexibility index (Phi) is 9.96. The molecule has 0 fully saturated rings. The van der Waals surface area contributed by atoms with Gasteiger partial charge in [0.15, 0.2) is 0 Å². The summed E-state index contributed by atoms with van der Waals surface area (Å²) in [5, 5.41) is 0. The summed E-state index contributed by atoms with van der Waals surface area (Å²) in [6, 6.07) is 0.